The third-order valence-corrected chi connectivity index (χ3v) is 4.78. The number of Topliss-reactive ketones (excluding diaryl/α,β-unsaturated/α-hetero) is 1. The predicted molar refractivity (Wildman–Crippen MR) is 112 cm³/mol. The second-order valence-electron chi connectivity index (χ2n) is 7.45. The van der Waals surface area contributed by atoms with Gasteiger partial charge in [-0.15, -0.1) is 0 Å². The molecule has 164 valence electrons. The molecule has 0 radical (unpaired) electrons. The monoisotopic (exact) mass is 398 g/mol. The van der Waals surface area contributed by atoms with E-state index in [0.29, 0.717) is 13.2 Å². The lowest BCUT2D eigenvalue weighted by Gasteiger charge is -2.05. The van der Waals surface area contributed by atoms with Gasteiger partial charge in [-0.3, -0.25) is 14.4 Å². The molecule has 0 aliphatic carbocycles. The van der Waals surface area contributed by atoms with E-state index in [1.165, 1.54) is 64.2 Å². The van der Waals surface area contributed by atoms with Crippen molar-refractivity contribution in [3.63, 3.8) is 0 Å². The van der Waals surface area contributed by atoms with Gasteiger partial charge < -0.3 is 9.47 Å². The zero-order valence-electron chi connectivity index (χ0n) is 18.3. The number of rotatable bonds is 20. The minimum absolute atomic E-state index is 0.0839. The Morgan fingerprint density at radius 1 is 0.536 bits per heavy atom. The van der Waals surface area contributed by atoms with Crippen molar-refractivity contribution in [2.75, 3.05) is 13.2 Å². The number of ether oxygens (including phenoxy) is 2. The topological polar surface area (TPSA) is 69.7 Å². The van der Waals surface area contributed by atoms with Crippen molar-refractivity contribution in [3.05, 3.63) is 0 Å². The lowest BCUT2D eigenvalue weighted by molar-refractivity contribution is -0.145. The highest BCUT2D eigenvalue weighted by molar-refractivity contribution is 5.85. The Kier molecular flexibility index (Phi) is 19.3. The molecule has 0 amide bonds. The number of carbonyl (C=O) groups is 3. The Labute approximate surface area is 171 Å². The molecule has 5 nitrogen and oxygen atoms in total. The lowest BCUT2D eigenvalue weighted by Crippen LogP contribution is -2.11. The van der Waals surface area contributed by atoms with Crippen LogP contribution in [-0.2, 0) is 23.9 Å². The fourth-order valence-corrected chi connectivity index (χ4v) is 3.04. The second-order valence-corrected chi connectivity index (χ2v) is 7.45. The summed E-state index contributed by atoms with van der Waals surface area (Å²) in [6.45, 7) is 4.73. The van der Waals surface area contributed by atoms with E-state index in [4.69, 9.17) is 9.47 Å². The van der Waals surface area contributed by atoms with Crippen LogP contribution in [0.4, 0.5) is 0 Å². The standard InChI is InChI=1S/C23H42O5/c1-3-5-6-7-8-9-10-11-12-13-14-15-20-28-23(26)19-17-21(24)16-18-22(25)27-4-2/h3-20H2,1-2H3. The Hall–Kier alpha value is -1.39. The minimum Gasteiger partial charge on any atom is -0.466 e. The summed E-state index contributed by atoms with van der Waals surface area (Å²) in [5, 5.41) is 0. The van der Waals surface area contributed by atoms with Gasteiger partial charge in [0, 0.05) is 12.8 Å². The molecule has 0 aliphatic rings. The first-order valence-corrected chi connectivity index (χ1v) is 11.4. The molecular formula is C23H42O5. The molecule has 0 N–H and O–H groups in total. The predicted octanol–water partition coefficient (Wildman–Crippen LogP) is 5.92. The summed E-state index contributed by atoms with van der Waals surface area (Å²) < 4.78 is 9.93. The molecule has 0 aromatic rings. The van der Waals surface area contributed by atoms with Crippen LogP contribution in [0.5, 0.6) is 0 Å². The van der Waals surface area contributed by atoms with Gasteiger partial charge in [0.05, 0.1) is 26.1 Å². The maximum Gasteiger partial charge on any atom is 0.306 e. The molecule has 0 bridgehead atoms. The normalized spacial score (nSPS) is 10.6. The fraction of sp³-hybridized carbons (Fsp3) is 0.870. The zero-order valence-corrected chi connectivity index (χ0v) is 18.3. The maximum atomic E-state index is 11.6. The van der Waals surface area contributed by atoms with Crippen LogP contribution in [0.3, 0.4) is 0 Å². The van der Waals surface area contributed by atoms with Crippen LogP contribution >= 0.6 is 0 Å². The summed E-state index contributed by atoms with van der Waals surface area (Å²) in [7, 11) is 0. The molecule has 0 saturated carbocycles. The SMILES string of the molecule is CCCCCCCCCCCCCCOC(=O)CCC(=O)CCC(=O)OCC. The van der Waals surface area contributed by atoms with Crippen molar-refractivity contribution in [3.8, 4) is 0 Å². The van der Waals surface area contributed by atoms with Crippen molar-refractivity contribution in [2.24, 2.45) is 0 Å². The summed E-state index contributed by atoms with van der Waals surface area (Å²) in [6, 6.07) is 0. The van der Waals surface area contributed by atoms with Crippen molar-refractivity contribution < 1.29 is 23.9 Å². The van der Waals surface area contributed by atoms with E-state index in [1.807, 2.05) is 0 Å². The van der Waals surface area contributed by atoms with Crippen LogP contribution in [0.15, 0.2) is 0 Å². The highest BCUT2D eigenvalue weighted by Crippen LogP contribution is 2.12. The molecular weight excluding hydrogens is 356 g/mol. The van der Waals surface area contributed by atoms with E-state index in [2.05, 4.69) is 6.92 Å². The first-order valence-electron chi connectivity index (χ1n) is 11.4. The fourth-order valence-electron chi connectivity index (χ4n) is 3.04. The molecule has 0 unspecified atom stereocenters. The van der Waals surface area contributed by atoms with Crippen LogP contribution in [0.2, 0.25) is 0 Å². The van der Waals surface area contributed by atoms with Crippen molar-refractivity contribution >= 4 is 17.7 Å². The first kappa shape index (κ1) is 26.6. The summed E-state index contributed by atoms with van der Waals surface area (Å²) in [5.74, 6) is -0.798. The zero-order chi connectivity index (χ0) is 20.9. The minimum atomic E-state index is -0.370. The van der Waals surface area contributed by atoms with E-state index in [1.54, 1.807) is 6.92 Å². The van der Waals surface area contributed by atoms with Crippen molar-refractivity contribution in [1.29, 1.82) is 0 Å². The molecule has 0 atom stereocenters. The number of hydrogen-bond acceptors (Lipinski definition) is 5. The van der Waals surface area contributed by atoms with Gasteiger partial charge in [0.15, 0.2) is 0 Å². The van der Waals surface area contributed by atoms with Crippen molar-refractivity contribution in [1.82, 2.24) is 0 Å². The molecule has 0 heterocycles. The van der Waals surface area contributed by atoms with E-state index < -0.39 is 0 Å². The highest BCUT2D eigenvalue weighted by Gasteiger charge is 2.10. The van der Waals surface area contributed by atoms with Crippen LogP contribution in [-0.4, -0.2) is 30.9 Å². The number of hydrogen-bond donors (Lipinski definition) is 0. The van der Waals surface area contributed by atoms with Crippen LogP contribution in [0.1, 0.15) is 117 Å². The average Bonchev–Trinajstić information content (AvgIpc) is 2.68. The van der Waals surface area contributed by atoms with E-state index in [9.17, 15) is 14.4 Å². The van der Waals surface area contributed by atoms with Gasteiger partial charge in [0.25, 0.3) is 0 Å². The van der Waals surface area contributed by atoms with Crippen LogP contribution in [0.25, 0.3) is 0 Å². The Balaban J connectivity index is 3.34. The molecule has 28 heavy (non-hydrogen) atoms. The highest BCUT2D eigenvalue weighted by atomic mass is 16.5. The Morgan fingerprint density at radius 2 is 0.964 bits per heavy atom. The van der Waals surface area contributed by atoms with Gasteiger partial charge in [-0.25, -0.2) is 0 Å². The van der Waals surface area contributed by atoms with Gasteiger partial charge in [-0.1, -0.05) is 77.6 Å². The Morgan fingerprint density at radius 3 is 1.43 bits per heavy atom. The first-order chi connectivity index (χ1) is 13.6. The second kappa shape index (κ2) is 20.3. The van der Waals surface area contributed by atoms with Gasteiger partial charge in [-0.05, 0) is 13.3 Å². The van der Waals surface area contributed by atoms with Crippen LogP contribution < -0.4 is 0 Å². The third kappa shape index (κ3) is 19.4. The average molecular weight is 399 g/mol. The van der Waals surface area contributed by atoms with Gasteiger partial charge in [0.2, 0.25) is 0 Å². The quantitative estimate of drug-likeness (QED) is 0.188. The summed E-state index contributed by atoms with van der Waals surface area (Å²) >= 11 is 0. The number of ketones is 1. The summed E-state index contributed by atoms with van der Waals surface area (Å²) in [4.78, 5) is 34.4. The number of esters is 2. The summed E-state index contributed by atoms with van der Waals surface area (Å²) in [5.41, 5.74) is 0. The van der Waals surface area contributed by atoms with E-state index >= 15 is 0 Å². The molecule has 5 heteroatoms. The lowest BCUT2D eigenvalue weighted by atomic mass is 10.1. The molecule has 0 aromatic heterocycles. The number of carbonyl (C=O) groups excluding carboxylic acids is 3. The molecule has 0 fully saturated rings. The third-order valence-electron chi connectivity index (χ3n) is 4.78. The molecule has 0 spiro atoms. The smallest absolute Gasteiger partial charge is 0.306 e. The van der Waals surface area contributed by atoms with E-state index in [0.717, 1.165) is 12.8 Å². The molecule has 0 aliphatic heterocycles. The van der Waals surface area contributed by atoms with Crippen LogP contribution in [0, 0.1) is 0 Å². The van der Waals surface area contributed by atoms with Gasteiger partial charge in [-0.2, -0.15) is 0 Å². The molecule has 0 rings (SSSR count). The van der Waals surface area contributed by atoms with Gasteiger partial charge in [0.1, 0.15) is 5.78 Å². The Bertz CT molecular complexity index is 406. The molecule has 0 aromatic carbocycles. The summed E-state index contributed by atoms with van der Waals surface area (Å²) in [6.07, 6.45) is 15.7. The number of unbranched alkanes of at least 4 members (excludes halogenated alkanes) is 11. The largest absolute Gasteiger partial charge is 0.466 e. The van der Waals surface area contributed by atoms with Crippen molar-refractivity contribution in [2.45, 2.75) is 117 Å². The van der Waals surface area contributed by atoms with E-state index in [-0.39, 0.29) is 43.4 Å². The maximum absolute atomic E-state index is 11.6. The molecule has 0 saturated heterocycles. The van der Waals surface area contributed by atoms with Gasteiger partial charge >= 0.3 is 11.9 Å².